The van der Waals surface area contributed by atoms with E-state index < -0.39 is 6.10 Å². The van der Waals surface area contributed by atoms with E-state index in [-0.39, 0.29) is 12.5 Å². The average Bonchev–Trinajstić information content (AvgIpc) is 2.34. The number of hydrogen-bond acceptors (Lipinski definition) is 4. The molecule has 0 radical (unpaired) electrons. The lowest BCUT2D eigenvalue weighted by atomic mass is 10.1. The molecule has 1 atom stereocenters. The third-order valence-electron chi connectivity index (χ3n) is 2.26. The summed E-state index contributed by atoms with van der Waals surface area (Å²) in [6.07, 6.45) is -0.603. The molecule has 0 saturated carbocycles. The molecule has 0 saturated heterocycles. The summed E-state index contributed by atoms with van der Waals surface area (Å²) >= 11 is 3.31. The molecule has 0 aliphatic heterocycles. The van der Waals surface area contributed by atoms with Gasteiger partial charge in [-0.25, -0.2) is 0 Å². The van der Waals surface area contributed by atoms with Gasteiger partial charge in [0.1, 0.15) is 11.5 Å². The van der Waals surface area contributed by atoms with Gasteiger partial charge in [0.2, 0.25) is 0 Å². The van der Waals surface area contributed by atoms with Crippen molar-refractivity contribution in [3.8, 4) is 11.5 Å². The normalized spacial score (nSPS) is 11.8. The van der Waals surface area contributed by atoms with E-state index in [1.807, 2.05) is 0 Å². The number of aliphatic hydroxyl groups excluding tert-OH is 1. The minimum atomic E-state index is -0.603. The van der Waals surface area contributed by atoms with E-state index in [0.717, 1.165) is 0 Å². The zero-order valence-electron chi connectivity index (χ0n) is 10.5. The zero-order chi connectivity index (χ0) is 13.7. The van der Waals surface area contributed by atoms with Crippen molar-refractivity contribution in [2.75, 3.05) is 20.8 Å². The van der Waals surface area contributed by atoms with Crippen LogP contribution in [0.25, 0.3) is 0 Å². The van der Waals surface area contributed by atoms with Crippen molar-refractivity contribution in [1.82, 2.24) is 5.32 Å². The molecule has 0 aromatic heterocycles. The van der Waals surface area contributed by atoms with Crippen LogP contribution in [0.3, 0.4) is 0 Å². The highest BCUT2D eigenvalue weighted by Gasteiger charge is 2.17. The number of ether oxygens (including phenoxy) is 2. The Hall–Kier alpha value is -1.27. The number of carbonyl (C=O) groups excluding carboxylic acids is 1. The highest BCUT2D eigenvalue weighted by Crippen LogP contribution is 2.33. The highest BCUT2D eigenvalue weighted by molar-refractivity contribution is 9.10. The summed E-state index contributed by atoms with van der Waals surface area (Å²) in [5.41, 5.74) is 0.351. The Morgan fingerprint density at radius 2 is 2.11 bits per heavy atom. The minimum Gasteiger partial charge on any atom is -0.497 e. The molecular weight excluding hydrogens is 302 g/mol. The third kappa shape index (κ3) is 3.61. The number of nitrogens with one attached hydrogen (secondary N) is 1. The van der Waals surface area contributed by atoms with Crippen molar-refractivity contribution < 1.29 is 19.4 Å². The monoisotopic (exact) mass is 317 g/mol. The van der Waals surface area contributed by atoms with Crippen LogP contribution in [-0.2, 0) is 0 Å². The summed E-state index contributed by atoms with van der Waals surface area (Å²) in [6, 6.07) is 3.30. The SMILES string of the molecule is COc1cc(Br)c(OC)c(C(=O)NC[C@@H](C)O)c1. The van der Waals surface area contributed by atoms with E-state index in [9.17, 15) is 4.79 Å². The standard InChI is InChI=1S/C12H16BrNO4/c1-7(15)6-14-12(16)9-4-8(17-2)5-10(13)11(9)18-3/h4-5,7,15H,6H2,1-3H3,(H,14,16)/t7-/m1/s1. The van der Waals surface area contributed by atoms with Crippen molar-refractivity contribution in [3.05, 3.63) is 22.2 Å². The van der Waals surface area contributed by atoms with Crippen molar-refractivity contribution in [2.24, 2.45) is 0 Å². The number of amides is 1. The van der Waals surface area contributed by atoms with Gasteiger partial charge in [0.05, 0.1) is 30.4 Å². The number of hydrogen-bond donors (Lipinski definition) is 2. The lowest BCUT2D eigenvalue weighted by Gasteiger charge is -2.13. The largest absolute Gasteiger partial charge is 0.497 e. The van der Waals surface area contributed by atoms with Crippen molar-refractivity contribution in [1.29, 1.82) is 0 Å². The Labute approximate surface area is 114 Å². The predicted octanol–water partition coefficient (Wildman–Crippen LogP) is 1.58. The topological polar surface area (TPSA) is 67.8 Å². The summed E-state index contributed by atoms with van der Waals surface area (Å²) in [5, 5.41) is 11.8. The lowest BCUT2D eigenvalue weighted by Crippen LogP contribution is -2.30. The second-order valence-electron chi connectivity index (χ2n) is 3.75. The number of benzene rings is 1. The summed E-state index contributed by atoms with van der Waals surface area (Å²) in [5.74, 6) is 0.649. The molecular formula is C12H16BrNO4. The van der Waals surface area contributed by atoms with Gasteiger partial charge in [0.15, 0.2) is 0 Å². The molecule has 0 heterocycles. The fourth-order valence-electron chi connectivity index (χ4n) is 1.40. The average molecular weight is 318 g/mol. The Balaban J connectivity index is 3.04. The van der Waals surface area contributed by atoms with Crippen molar-refractivity contribution in [3.63, 3.8) is 0 Å². The first-order valence-corrected chi connectivity index (χ1v) is 6.16. The van der Waals surface area contributed by atoms with E-state index in [4.69, 9.17) is 14.6 Å². The van der Waals surface area contributed by atoms with E-state index in [0.29, 0.717) is 21.5 Å². The molecule has 5 nitrogen and oxygen atoms in total. The van der Waals surface area contributed by atoms with Crippen LogP contribution in [0, 0.1) is 0 Å². The Morgan fingerprint density at radius 1 is 1.44 bits per heavy atom. The van der Waals surface area contributed by atoms with Crippen LogP contribution in [0.4, 0.5) is 0 Å². The van der Waals surface area contributed by atoms with Gasteiger partial charge in [-0.15, -0.1) is 0 Å². The minimum absolute atomic E-state index is 0.177. The molecule has 1 amide bonds. The molecule has 0 spiro atoms. The molecule has 18 heavy (non-hydrogen) atoms. The molecule has 0 fully saturated rings. The maximum Gasteiger partial charge on any atom is 0.255 e. The number of halogens is 1. The maximum atomic E-state index is 12.0. The molecule has 0 unspecified atom stereocenters. The highest BCUT2D eigenvalue weighted by atomic mass is 79.9. The van der Waals surface area contributed by atoms with Gasteiger partial charge in [0.25, 0.3) is 5.91 Å². The van der Waals surface area contributed by atoms with Crippen molar-refractivity contribution >= 4 is 21.8 Å². The molecule has 2 N–H and O–H groups in total. The summed E-state index contributed by atoms with van der Waals surface area (Å²) < 4.78 is 10.9. The Bertz CT molecular complexity index is 434. The first-order chi connectivity index (χ1) is 8.49. The molecule has 1 rings (SSSR count). The number of rotatable bonds is 5. The molecule has 0 aliphatic carbocycles. The van der Waals surface area contributed by atoms with E-state index in [2.05, 4.69) is 21.2 Å². The third-order valence-corrected chi connectivity index (χ3v) is 2.85. The van der Waals surface area contributed by atoms with Gasteiger partial charge in [-0.05, 0) is 35.0 Å². The second kappa shape index (κ2) is 6.61. The second-order valence-corrected chi connectivity index (χ2v) is 4.60. The van der Waals surface area contributed by atoms with E-state index in [1.165, 1.54) is 14.2 Å². The fourth-order valence-corrected chi connectivity index (χ4v) is 2.00. The fraction of sp³-hybridized carbons (Fsp3) is 0.417. The summed E-state index contributed by atoms with van der Waals surface area (Å²) in [7, 11) is 3.00. The quantitative estimate of drug-likeness (QED) is 0.865. The van der Waals surface area contributed by atoms with Crippen LogP contribution >= 0.6 is 15.9 Å². The Morgan fingerprint density at radius 3 is 2.61 bits per heavy atom. The van der Waals surface area contributed by atoms with Gasteiger partial charge >= 0.3 is 0 Å². The van der Waals surface area contributed by atoms with Crippen LogP contribution < -0.4 is 14.8 Å². The van der Waals surface area contributed by atoms with Gasteiger partial charge in [0, 0.05) is 6.54 Å². The van der Waals surface area contributed by atoms with Crippen LogP contribution in [0.1, 0.15) is 17.3 Å². The van der Waals surface area contributed by atoms with Crippen LogP contribution in [-0.4, -0.2) is 37.9 Å². The Kier molecular flexibility index (Phi) is 5.43. The number of carbonyl (C=O) groups is 1. The van der Waals surface area contributed by atoms with Gasteiger partial charge < -0.3 is 19.9 Å². The molecule has 1 aromatic rings. The maximum absolute atomic E-state index is 12.0. The molecule has 1 aromatic carbocycles. The number of methoxy groups -OCH3 is 2. The number of aliphatic hydroxyl groups is 1. The molecule has 0 aliphatic rings. The summed E-state index contributed by atoms with van der Waals surface area (Å²) in [4.78, 5) is 12.0. The predicted molar refractivity (Wildman–Crippen MR) is 71.3 cm³/mol. The first-order valence-electron chi connectivity index (χ1n) is 5.37. The van der Waals surface area contributed by atoms with Crippen LogP contribution in [0.2, 0.25) is 0 Å². The van der Waals surface area contributed by atoms with E-state index in [1.54, 1.807) is 19.1 Å². The first kappa shape index (κ1) is 14.8. The molecule has 0 bridgehead atoms. The smallest absolute Gasteiger partial charge is 0.255 e. The van der Waals surface area contributed by atoms with Crippen LogP contribution in [0.15, 0.2) is 16.6 Å². The molecule has 6 heteroatoms. The lowest BCUT2D eigenvalue weighted by molar-refractivity contribution is 0.0920. The molecule has 100 valence electrons. The summed E-state index contributed by atoms with van der Waals surface area (Å²) in [6.45, 7) is 1.77. The van der Waals surface area contributed by atoms with Gasteiger partial charge in [-0.2, -0.15) is 0 Å². The van der Waals surface area contributed by atoms with Gasteiger partial charge in [-0.3, -0.25) is 4.79 Å². The van der Waals surface area contributed by atoms with Crippen LogP contribution in [0.5, 0.6) is 11.5 Å². The zero-order valence-corrected chi connectivity index (χ0v) is 12.1. The van der Waals surface area contributed by atoms with Gasteiger partial charge in [-0.1, -0.05) is 0 Å². The van der Waals surface area contributed by atoms with E-state index >= 15 is 0 Å². The van der Waals surface area contributed by atoms with Crippen molar-refractivity contribution in [2.45, 2.75) is 13.0 Å².